The SMILES string of the molecule is CN(CCCCNC(=O)c1ccc(NC(=O)c2ncc(-c3cn(C4CC4(F)F)nc3C(F)(F)F)n2C)cc1Cl)C(=O)N[C@H]1CNC[C@@H]1O. The first-order valence-electron chi connectivity index (χ1n) is 14.9. The van der Waals surface area contributed by atoms with Crippen LogP contribution in [-0.2, 0) is 13.2 Å². The first kappa shape index (κ1) is 35.0. The van der Waals surface area contributed by atoms with Gasteiger partial charge in [-0.1, -0.05) is 11.6 Å². The Hall–Kier alpha value is -4.29. The monoisotopic (exact) mass is 701 g/mol. The number of amides is 4. The number of nitrogens with one attached hydrogen (secondary N) is 4. The number of hydrogen-bond acceptors (Lipinski definition) is 7. The number of rotatable bonds is 11. The van der Waals surface area contributed by atoms with Gasteiger partial charge in [-0.25, -0.2) is 18.6 Å². The number of imidazole rings is 1. The molecular formula is C29H33ClF5N9O4. The van der Waals surface area contributed by atoms with Crippen molar-refractivity contribution in [1.82, 2.24) is 40.2 Å². The zero-order chi connectivity index (χ0) is 35.0. The van der Waals surface area contributed by atoms with E-state index >= 15 is 0 Å². The van der Waals surface area contributed by atoms with Crippen molar-refractivity contribution in [2.45, 2.75) is 49.5 Å². The molecule has 260 valence electrons. The van der Waals surface area contributed by atoms with Crippen molar-refractivity contribution < 1.29 is 41.4 Å². The van der Waals surface area contributed by atoms with Gasteiger partial charge in [0.1, 0.15) is 6.04 Å². The van der Waals surface area contributed by atoms with E-state index in [9.17, 15) is 41.4 Å². The van der Waals surface area contributed by atoms with Crippen molar-refractivity contribution in [3.05, 3.63) is 52.7 Å². The number of halogens is 6. The molecule has 5 N–H and O–H groups in total. The molecule has 0 bridgehead atoms. The summed E-state index contributed by atoms with van der Waals surface area (Å²) in [5.41, 5.74) is -1.74. The first-order chi connectivity index (χ1) is 22.6. The van der Waals surface area contributed by atoms with Crippen molar-refractivity contribution >= 4 is 35.1 Å². The van der Waals surface area contributed by atoms with Gasteiger partial charge in [0.15, 0.2) is 11.5 Å². The number of aliphatic hydroxyl groups excluding tert-OH is 1. The lowest BCUT2D eigenvalue weighted by Crippen LogP contribution is -2.48. The van der Waals surface area contributed by atoms with Gasteiger partial charge >= 0.3 is 12.2 Å². The molecule has 1 aromatic carbocycles. The number of aromatic nitrogens is 4. The maximum Gasteiger partial charge on any atom is 0.435 e. The van der Waals surface area contributed by atoms with Crippen LogP contribution in [0.1, 0.15) is 52.0 Å². The molecule has 0 spiro atoms. The minimum atomic E-state index is -4.95. The normalized spacial score (nSPS) is 20.0. The van der Waals surface area contributed by atoms with Crippen molar-refractivity contribution in [3.63, 3.8) is 0 Å². The molecule has 1 aliphatic heterocycles. The van der Waals surface area contributed by atoms with Crippen LogP contribution in [0.15, 0.2) is 30.6 Å². The second-order valence-corrected chi connectivity index (χ2v) is 12.1. The van der Waals surface area contributed by atoms with Crippen LogP contribution < -0.4 is 21.3 Å². The summed E-state index contributed by atoms with van der Waals surface area (Å²) in [5.74, 6) is -4.71. The molecule has 2 fully saturated rings. The molecule has 0 radical (unpaired) electrons. The van der Waals surface area contributed by atoms with Gasteiger partial charge in [0.2, 0.25) is 0 Å². The molecule has 13 nitrogen and oxygen atoms in total. The lowest BCUT2D eigenvalue weighted by Gasteiger charge is -2.22. The molecule has 5 rings (SSSR count). The molecule has 1 saturated heterocycles. The van der Waals surface area contributed by atoms with Gasteiger partial charge in [0.25, 0.3) is 17.7 Å². The number of β-amino-alcohol motifs (C(OH)–C–C–N with tert-alkyl or cyclic N) is 1. The van der Waals surface area contributed by atoms with Gasteiger partial charge < -0.3 is 35.8 Å². The number of hydrogen-bond donors (Lipinski definition) is 5. The molecule has 4 amide bonds. The Bertz CT molecular complexity index is 1700. The Morgan fingerprint density at radius 2 is 1.92 bits per heavy atom. The summed E-state index contributed by atoms with van der Waals surface area (Å²) in [4.78, 5) is 43.4. The lowest BCUT2D eigenvalue weighted by molar-refractivity contribution is -0.141. The van der Waals surface area contributed by atoms with E-state index in [1.807, 2.05) is 0 Å². The molecule has 2 aliphatic rings. The van der Waals surface area contributed by atoms with Gasteiger partial charge in [-0.05, 0) is 31.0 Å². The fourth-order valence-corrected chi connectivity index (χ4v) is 5.49. The Balaban J connectivity index is 1.14. The summed E-state index contributed by atoms with van der Waals surface area (Å²) in [5, 5.41) is 24.2. The Morgan fingerprint density at radius 1 is 1.19 bits per heavy atom. The highest BCUT2D eigenvalue weighted by molar-refractivity contribution is 6.34. The number of nitrogens with zero attached hydrogens (tertiary/aromatic N) is 5. The first-order valence-corrected chi connectivity index (χ1v) is 15.3. The highest BCUT2D eigenvalue weighted by Crippen LogP contribution is 2.53. The van der Waals surface area contributed by atoms with Crippen LogP contribution in [0.5, 0.6) is 0 Å². The molecule has 1 aliphatic carbocycles. The molecule has 2 aromatic heterocycles. The summed E-state index contributed by atoms with van der Waals surface area (Å²) >= 11 is 6.30. The number of anilines is 1. The van der Waals surface area contributed by atoms with Crippen LogP contribution >= 0.6 is 11.6 Å². The van der Waals surface area contributed by atoms with Crippen LogP contribution in [0.3, 0.4) is 0 Å². The predicted octanol–water partition coefficient (Wildman–Crippen LogP) is 3.27. The second kappa shape index (κ2) is 13.7. The van der Waals surface area contributed by atoms with E-state index in [1.165, 1.54) is 30.1 Å². The molecular weight excluding hydrogens is 669 g/mol. The molecule has 3 aromatic rings. The van der Waals surface area contributed by atoms with Crippen molar-refractivity contribution in [1.29, 1.82) is 0 Å². The number of carbonyl (C=O) groups is 3. The predicted molar refractivity (Wildman–Crippen MR) is 163 cm³/mol. The average molecular weight is 702 g/mol. The molecule has 3 heterocycles. The van der Waals surface area contributed by atoms with E-state index in [0.717, 1.165) is 17.0 Å². The Kier molecular flexibility index (Phi) is 9.98. The summed E-state index contributed by atoms with van der Waals surface area (Å²) in [7, 11) is 2.93. The van der Waals surface area contributed by atoms with Gasteiger partial charge in [0, 0.05) is 58.6 Å². The van der Waals surface area contributed by atoms with Crippen LogP contribution in [0.2, 0.25) is 5.02 Å². The van der Waals surface area contributed by atoms with E-state index in [2.05, 4.69) is 31.3 Å². The third-order valence-corrected chi connectivity index (χ3v) is 8.41. The molecule has 19 heteroatoms. The van der Waals surface area contributed by atoms with Gasteiger partial charge in [-0.2, -0.15) is 18.3 Å². The summed E-state index contributed by atoms with van der Waals surface area (Å²) < 4.78 is 69.9. The van der Waals surface area contributed by atoms with Crippen molar-refractivity contribution in [2.75, 3.05) is 38.5 Å². The van der Waals surface area contributed by atoms with E-state index in [0.29, 0.717) is 43.7 Å². The zero-order valence-electron chi connectivity index (χ0n) is 25.7. The van der Waals surface area contributed by atoms with Crippen molar-refractivity contribution in [3.8, 4) is 11.3 Å². The largest absolute Gasteiger partial charge is 0.435 e. The quantitative estimate of drug-likeness (QED) is 0.152. The number of alkyl halides is 5. The minimum absolute atomic E-state index is 0.0185. The maximum absolute atomic E-state index is 13.7. The third kappa shape index (κ3) is 7.71. The minimum Gasteiger partial charge on any atom is -0.390 e. The van der Waals surface area contributed by atoms with Crippen molar-refractivity contribution in [2.24, 2.45) is 7.05 Å². The van der Waals surface area contributed by atoms with Crippen LogP contribution in [0.4, 0.5) is 32.4 Å². The standard InChI is InChI=1S/C29H33ClF5N9O4/c1-42(27(48)40-19-11-36-13-21(19)45)8-4-3-7-37-25(46)16-6-5-15(9-18(16)30)39-26(47)24-38-12-20(43(24)2)17-14-44(22-10-28(22,31)32)41-23(17)29(33,34)35/h5-6,9,12,14,19,21-22,36,45H,3-4,7-8,10-11,13H2,1-2H3,(H,37,46)(H,39,47)(H,40,48)/t19-,21-,22?/m0/s1. The molecule has 1 unspecified atom stereocenters. The van der Waals surface area contributed by atoms with E-state index < -0.39 is 53.7 Å². The van der Waals surface area contributed by atoms with Gasteiger partial charge in [0.05, 0.1) is 40.2 Å². The molecule has 3 atom stereocenters. The Morgan fingerprint density at radius 3 is 2.54 bits per heavy atom. The molecule has 1 saturated carbocycles. The zero-order valence-corrected chi connectivity index (χ0v) is 26.5. The molecule has 48 heavy (non-hydrogen) atoms. The van der Waals surface area contributed by atoms with E-state index in [1.54, 1.807) is 7.05 Å². The fourth-order valence-electron chi connectivity index (χ4n) is 5.22. The third-order valence-electron chi connectivity index (χ3n) is 8.10. The topological polar surface area (TPSA) is 158 Å². The highest BCUT2D eigenvalue weighted by Gasteiger charge is 2.59. The number of benzene rings is 1. The maximum atomic E-state index is 13.7. The summed E-state index contributed by atoms with van der Waals surface area (Å²) in [6.45, 7) is 1.64. The highest BCUT2D eigenvalue weighted by atomic mass is 35.5. The smallest absolute Gasteiger partial charge is 0.390 e. The van der Waals surface area contributed by atoms with Gasteiger partial charge in [-0.15, -0.1) is 0 Å². The van der Waals surface area contributed by atoms with Gasteiger partial charge in [-0.3, -0.25) is 14.3 Å². The van der Waals surface area contributed by atoms with Crippen LogP contribution in [-0.4, -0.2) is 98.5 Å². The fraction of sp³-hybridized carbons (Fsp3) is 0.483. The lowest BCUT2D eigenvalue weighted by atomic mass is 10.2. The van der Waals surface area contributed by atoms with E-state index in [4.69, 9.17) is 11.6 Å². The average Bonchev–Trinajstić information content (AvgIpc) is 3.40. The number of urea groups is 1. The second-order valence-electron chi connectivity index (χ2n) is 11.7. The number of carbonyl (C=O) groups excluding carboxylic acids is 3. The van der Waals surface area contributed by atoms with E-state index in [-0.39, 0.29) is 39.9 Å². The van der Waals surface area contributed by atoms with Crippen LogP contribution in [0, 0.1) is 0 Å². The Labute approximate surface area is 275 Å². The summed E-state index contributed by atoms with van der Waals surface area (Å²) in [6, 6.07) is 1.98. The number of unbranched alkanes of at least 4 members (excludes halogenated alkanes) is 1. The van der Waals surface area contributed by atoms with Crippen LogP contribution in [0.25, 0.3) is 11.3 Å². The number of aliphatic hydroxyl groups is 1. The summed E-state index contributed by atoms with van der Waals surface area (Å²) in [6.07, 6.45) is -3.17.